The van der Waals surface area contributed by atoms with Crippen LogP contribution in [0.5, 0.6) is 0 Å². The van der Waals surface area contributed by atoms with Crippen LogP contribution >= 0.6 is 0 Å². The molecule has 0 aliphatic carbocycles. The van der Waals surface area contributed by atoms with Crippen molar-refractivity contribution >= 4 is 18.0 Å². The molecule has 0 amide bonds. The Bertz CT molecular complexity index is 539. The second kappa shape index (κ2) is 9.48. The predicted octanol–water partition coefficient (Wildman–Crippen LogP) is 4.07. The Morgan fingerprint density at radius 3 is 2.57 bits per heavy atom. The van der Waals surface area contributed by atoms with Gasteiger partial charge in [-0.05, 0) is 18.4 Å². The summed E-state index contributed by atoms with van der Waals surface area (Å²) in [6.45, 7) is 5.32. The number of hydrogen-bond donors (Lipinski definition) is 0. The molecule has 0 radical (unpaired) electrons. The van der Waals surface area contributed by atoms with Crippen LogP contribution in [-0.4, -0.2) is 11.9 Å². The van der Waals surface area contributed by atoms with E-state index in [2.05, 4.69) is 11.3 Å². The fourth-order valence-electron chi connectivity index (χ4n) is 1.66. The van der Waals surface area contributed by atoms with Crippen molar-refractivity contribution in [1.82, 2.24) is 0 Å². The molecule has 0 fully saturated rings. The molecule has 0 unspecified atom stereocenters. The lowest BCUT2D eigenvalue weighted by Crippen LogP contribution is -2.12. The van der Waals surface area contributed by atoms with Crippen LogP contribution < -0.4 is 0 Å². The lowest BCUT2D eigenvalue weighted by molar-refractivity contribution is -0.153. The molecule has 0 saturated carbocycles. The van der Waals surface area contributed by atoms with E-state index in [0.717, 1.165) is 24.5 Å². The Labute approximate surface area is 125 Å². The third kappa shape index (κ3) is 6.52. The van der Waals surface area contributed by atoms with Gasteiger partial charge < -0.3 is 4.74 Å². The van der Waals surface area contributed by atoms with Gasteiger partial charge in [0, 0.05) is 11.6 Å². The quantitative estimate of drug-likeness (QED) is 0.328. The number of allylic oxidation sites excluding steroid dienone is 2. The summed E-state index contributed by atoms with van der Waals surface area (Å²) in [6, 6.07) is 9.76. The van der Waals surface area contributed by atoms with E-state index in [4.69, 9.17) is 0 Å². The number of esters is 2. The van der Waals surface area contributed by atoms with Crippen LogP contribution in [0.2, 0.25) is 0 Å². The summed E-state index contributed by atoms with van der Waals surface area (Å²) in [5.41, 5.74) is 1.53. The summed E-state index contributed by atoms with van der Waals surface area (Å²) in [4.78, 5) is 23.0. The average molecular weight is 284 g/mol. The fourth-order valence-corrected chi connectivity index (χ4v) is 1.66. The molecule has 0 bridgehead atoms. The Kier molecular flexibility index (Phi) is 7.51. The maximum atomic E-state index is 11.9. The van der Waals surface area contributed by atoms with E-state index in [1.54, 1.807) is 12.2 Å². The van der Waals surface area contributed by atoms with Gasteiger partial charge in [-0.15, -0.1) is 0 Å². The molecular formula is C18H20O3. The van der Waals surface area contributed by atoms with Gasteiger partial charge in [-0.2, -0.15) is 0 Å². The van der Waals surface area contributed by atoms with Crippen molar-refractivity contribution < 1.29 is 14.3 Å². The highest BCUT2D eigenvalue weighted by Gasteiger charge is 2.12. The first-order valence-corrected chi connectivity index (χ1v) is 6.98. The maximum Gasteiger partial charge on any atom is 0.341 e. The van der Waals surface area contributed by atoms with Gasteiger partial charge in [0.2, 0.25) is 0 Å². The molecule has 0 heterocycles. The molecule has 3 heteroatoms. The highest BCUT2D eigenvalue weighted by Crippen LogP contribution is 2.11. The first-order chi connectivity index (χ1) is 10.2. The number of carbonyl (C=O) groups is 2. The van der Waals surface area contributed by atoms with Gasteiger partial charge >= 0.3 is 11.9 Å². The maximum absolute atomic E-state index is 11.9. The minimum atomic E-state index is -0.727. The molecule has 0 spiro atoms. The van der Waals surface area contributed by atoms with E-state index in [1.165, 1.54) is 0 Å². The van der Waals surface area contributed by atoms with Gasteiger partial charge in [-0.25, -0.2) is 9.59 Å². The van der Waals surface area contributed by atoms with Crippen molar-refractivity contribution in [3.63, 3.8) is 0 Å². The van der Waals surface area contributed by atoms with Crippen LogP contribution in [-0.2, 0) is 14.3 Å². The minimum Gasteiger partial charge on any atom is -0.386 e. The van der Waals surface area contributed by atoms with Gasteiger partial charge in [-0.3, -0.25) is 0 Å². The van der Waals surface area contributed by atoms with Gasteiger partial charge in [-0.1, -0.05) is 68.5 Å². The number of benzene rings is 1. The van der Waals surface area contributed by atoms with Crippen molar-refractivity contribution in [2.24, 2.45) is 0 Å². The number of carbonyl (C=O) groups excluding carboxylic acids is 2. The number of ether oxygens (including phenoxy) is 1. The van der Waals surface area contributed by atoms with Crippen LogP contribution in [0.4, 0.5) is 0 Å². The van der Waals surface area contributed by atoms with E-state index in [1.807, 2.05) is 43.3 Å². The zero-order chi connectivity index (χ0) is 15.5. The van der Waals surface area contributed by atoms with Crippen molar-refractivity contribution in [1.29, 1.82) is 0 Å². The Morgan fingerprint density at radius 2 is 1.95 bits per heavy atom. The van der Waals surface area contributed by atoms with Gasteiger partial charge in [0.1, 0.15) is 0 Å². The third-order valence-electron chi connectivity index (χ3n) is 2.81. The first-order valence-electron chi connectivity index (χ1n) is 6.98. The van der Waals surface area contributed by atoms with Crippen molar-refractivity contribution in [2.75, 3.05) is 0 Å². The molecule has 1 aromatic carbocycles. The molecule has 1 aromatic rings. The Hall–Kier alpha value is -2.42. The standard InChI is InChI=1S/C18H20O3/c1-3-5-13-16(18(20)21-17(19)4-2)14-9-12-15-10-7-6-8-11-15/h4,6-12,14H,2-3,5,13H2,1H3. The van der Waals surface area contributed by atoms with Crippen LogP contribution in [0.1, 0.15) is 31.7 Å². The summed E-state index contributed by atoms with van der Waals surface area (Å²) in [5.74, 6) is -1.33. The molecule has 0 saturated heterocycles. The second-order valence-electron chi connectivity index (χ2n) is 4.48. The average Bonchev–Trinajstić information content (AvgIpc) is 2.51. The van der Waals surface area contributed by atoms with Crippen LogP contribution in [0.15, 0.2) is 60.7 Å². The molecule has 0 aliphatic rings. The molecule has 0 aromatic heterocycles. The van der Waals surface area contributed by atoms with Crippen LogP contribution in [0.25, 0.3) is 6.08 Å². The minimum absolute atomic E-state index is 0.485. The highest BCUT2D eigenvalue weighted by atomic mass is 16.6. The normalized spacial score (nSPS) is 11.4. The van der Waals surface area contributed by atoms with E-state index >= 15 is 0 Å². The second-order valence-corrected chi connectivity index (χ2v) is 4.48. The molecule has 0 atom stereocenters. The lowest BCUT2D eigenvalue weighted by Gasteiger charge is -2.04. The SMILES string of the molecule is C=CC(=O)OC(=O)C(=CC=Cc1ccccc1)CCCC. The lowest BCUT2D eigenvalue weighted by atomic mass is 10.1. The first kappa shape index (κ1) is 16.6. The van der Waals surface area contributed by atoms with E-state index in [9.17, 15) is 9.59 Å². The molecule has 0 aliphatic heterocycles. The van der Waals surface area contributed by atoms with Crippen molar-refractivity contribution in [3.8, 4) is 0 Å². The third-order valence-corrected chi connectivity index (χ3v) is 2.81. The molecule has 21 heavy (non-hydrogen) atoms. The van der Waals surface area contributed by atoms with Crippen molar-refractivity contribution in [3.05, 3.63) is 66.3 Å². The largest absolute Gasteiger partial charge is 0.386 e. The van der Waals surface area contributed by atoms with E-state index in [-0.39, 0.29) is 0 Å². The fraction of sp³-hybridized carbons (Fsp3) is 0.222. The zero-order valence-electron chi connectivity index (χ0n) is 12.2. The summed E-state index contributed by atoms with van der Waals surface area (Å²) in [7, 11) is 0. The predicted molar refractivity (Wildman–Crippen MR) is 84.4 cm³/mol. The molecule has 110 valence electrons. The zero-order valence-corrected chi connectivity index (χ0v) is 12.2. The molecule has 0 N–H and O–H groups in total. The Morgan fingerprint density at radius 1 is 1.24 bits per heavy atom. The number of unbranched alkanes of at least 4 members (excludes halogenated alkanes) is 1. The van der Waals surface area contributed by atoms with Gasteiger partial charge in [0.05, 0.1) is 0 Å². The summed E-state index contributed by atoms with van der Waals surface area (Å²) < 4.78 is 4.66. The monoisotopic (exact) mass is 284 g/mol. The number of rotatable bonds is 7. The van der Waals surface area contributed by atoms with E-state index in [0.29, 0.717) is 12.0 Å². The molecule has 1 rings (SSSR count). The summed E-state index contributed by atoms with van der Waals surface area (Å²) >= 11 is 0. The smallest absolute Gasteiger partial charge is 0.341 e. The molecular weight excluding hydrogens is 264 g/mol. The van der Waals surface area contributed by atoms with Gasteiger partial charge in [0.25, 0.3) is 0 Å². The highest BCUT2D eigenvalue weighted by molar-refractivity contribution is 5.99. The summed E-state index contributed by atoms with van der Waals surface area (Å²) in [6.07, 6.45) is 8.77. The van der Waals surface area contributed by atoms with Crippen molar-refractivity contribution in [2.45, 2.75) is 26.2 Å². The Balaban J connectivity index is 2.78. The van der Waals surface area contributed by atoms with E-state index < -0.39 is 11.9 Å². The van der Waals surface area contributed by atoms with Crippen LogP contribution in [0.3, 0.4) is 0 Å². The van der Waals surface area contributed by atoms with Gasteiger partial charge in [0.15, 0.2) is 0 Å². The number of hydrogen-bond acceptors (Lipinski definition) is 3. The topological polar surface area (TPSA) is 43.4 Å². The summed E-state index contributed by atoms with van der Waals surface area (Å²) in [5, 5.41) is 0. The molecule has 3 nitrogen and oxygen atoms in total. The van der Waals surface area contributed by atoms with Crippen LogP contribution in [0, 0.1) is 0 Å².